The van der Waals surface area contributed by atoms with Gasteiger partial charge in [0, 0.05) is 30.5 Å². The number of nitrogens with zero attached hydrogens (tertiary/aromatic N) is 1. The van der Waals surface area contributed by atoms with Crippen molar-refractivity contribution in [2.75, 3.05) is 23.3 Å². The predicted octanol–water partition coefficient (Wildman–Crippen LogP) is 3.60. The molecule has 4 nitrogen and oxygen atoms in total. The number of carbonyl (C=O) groups is 1. The van der Waals surface area contributed by atoms with Crippen LogP contribution in [0.3, 0.4) is 0 Å². The van der Waals surface area contributed by atoms with E-state index in [1.54, 1.807) is 4.90 Å². The summed E-state index contributed by atoms with van der Waals surface area (Å²) in [4.78, 5) is 13.4. The molecule has 2 aliphatic rings. The van der Waals surface area contributed by atoms with E-state index in [0.29, 0.717) is 6.04 Å². The molecule has 1 aliphatic carbocycles. The van der Waals surface area contributed by atoms with E-state index < -0.39 is 0 Å². The maximum absolute atomic E-state index is 11.6. The lowest BCUT2D eigenvalue weighted by molar-refractivity contribution is 0.252. The lowest BCUT2D eigenvalue weighted by atomic mass is 9.84. The van der Waals surface area contributed by atoms with E-state index in [1.807, 2.05) is 12.1 Å². The summed E-state index contributed by atoms with van der Waals surface area (Å²) in [5, 5.41) is 6.45. The second kappa shape index (κ2) is 6.37. The van der Waals surface area contributed by atoms with Crippen molar-refractivity contribution in [1.82, 2.24) is 5.32 Å². The zero-order valence-corrected chi connectivity index (χ0v) is 12.8. The topological polar surface area (TPSA) is 44.4 Å². The first-order valence-corrected chi connectivity index (χ1v) is 8.16. The number of nitrogens with one attached hydrogen (secondary N) is 2. The molecule has 1 atom stereocenters. The van der Waals surface area contributed by atoms with E-state index in [2.05, 4.69) is 29.7 Å². The van der Waals surface area contributed by atoms with Gasteiger partial charge in [-0.15, -0.1) is 0 Å². The third-order valence-corrected chi connectivity index (χ3v) is 4.79. The first-order chi connectivity index (χ1) is 10.2. The fourth-order valence-corrected chi connectivity index (χ4v) is 3.47. The first-order valence-electron chi connectivity index (χ1n) is 8.16. The van der Waals surface area contributed by atoms with E-state index >= 15 is 0 Å². The molecule has 0 spiro atoms. The van der Waals surface area contributed by atoms with E-state index in [1.165, 1.54) is 32.1 Å². The molecule has 1 aromatic carbocycles. The van der Waals surface area contributed by atoms with Gasteiger partial charge in [-0.3, -0.25) is 4.90 Å². The molecule has 0 bridgehead atoms. The smallest absolute Gasteiger partial charge is 0.321 e. The fourth-order valence-electron chi connectivity index (χ4n) is 3.47. The van der Waals surface area contributed by atoms with Gasteiger partial charge in [-0.05, 0) is 49.9 Å². The Kier molecular flexibility index (Phi) is 4.32. The molecule has 21 heavy (non-hydrogen) atoms. The summed E-state index contributed by atoms with van der Waals surface area (Å²) in [7, 11) is 0. The highest BCUT2D eigenvalue weighted by Crippen LogP contribution is 2.28. The average Bonchev–Trinajstić information content (AvgIpc) is 2.95. The van der Waals surface area contributed by atoms with Crippen LogP contribution in [0.15, 0.2) is 24.3 Å². The highest BCUT2D eigenvalue weighted by molar-refractivity contribution is 5.94. The van der Waals surface area contributed by atoms with Crippen LogP contribution in [0, 0.1) is 5.92 Å². The van der Waals surface area contributed by atoms with Crippen LogP contribution < -0.4 is 15.5 Å². The lowest BCUT2D eigenvalue weighted by Gasteiger charge is -2.29. The van der Waals surface area contributed by atoms with Crippen LogP contribution in [-0.4, -0.2) is 25.2 Å². The number of amides is 2. The Bertz CT molecular complexity index is 479. The Labute approximate surface area is 126 Å². The molecule has 0 radical (unpaired) electrons. The van der Waals surface area contributed by atoms with Crippen LogP contribution in [-0.2, 0) is 0 Å². The van der Waals surface area contributed by atoms with Gasteiger partial charge in [0.1, 0.15) is 0 Å². The maximum atomic E-state index is 11.6. The minimum Gasteiger partial charge on any atom is -0.382 e. The molecule has 4 heteroatoms. The summed E-state index contributed by atoms with van der Waals surface area (Å²) in [6, 6.07) is 8.75. The lowest BCUT2D eigenvalue weighted by Crippen LogP contribution is -2.28. The molecule has 1 saturated heterocycles. The van der Waals surface area contributed by atoms with E-state index in [-0.39, 0.29) is 6.03 Å². The van der Waals surface area contributed by atoms with E-state index in [0.717, 1.165) is 30.4 Å². The van der Waals surface area contributed by atoms with Crippen molar-refractivity contribution < 1.29 is 4.79 Å². The van der Waals surface area contributed by atoms with Gasteiger partial charge in [0.2, 0.25) is 0 Å². The number of anilines is 2. The van der Waals surface area contributed by atoms with Crippen molar-refractivity contribution in [3.8, 4) is 0 Å². The van der Waals surface area contributed by atoms with Crippen LogP contribution in [0.25, 0.3) is 0 Å². The number of hydrogen-bond acceptors (Lipinski definition) is 2. The molecule has 114 valence electrons. The summed E-state index contributed by atoms with van der Waals surface area (Å²) >= 11 is 0. The van der Waals surface area contributed by atoms with Gasteiger partial charge in [-0.2, -0.15) is 0 Å². The van der Waals surface area contributed by atoms with Crippen molar-refractivity contribution in [3.63, 3.8) is 0 Å². The number of carbonyl (C=O) groups excluding carboxylic acids is 1. The van der Waals surface area contributed by atoms with Crippen LogP contribution in [0.4, 0.5) is 16.2 Å². The number of rotatable bonds is 4. The standard InChI is InChI=1S/C17H25N3O/c1-13(14-5-3-2-4-6-14)19-15-7-9-16(10-8-15)20-12-11-18-17(20)21/h7-10,13-14,19H,2-6,11-12H2,1H3,(H,18,21). The Hall–Kier alpha value is -1.71. The summed E-state index contributed by atoms with van der Waals surface area (Å²) in [6.07, 6.45) is 6.84. The third-order valence-electron chi connectivity index (χ3n) is 4.79. The van der Waals surface area contributed by atoms with E-state index in [9.17, 15) is 4.79 Å². The number of benzene rings is 1. The van der Waals surface area contributed by atoms with Crippen LogP contribution in [0.2, 0.25) is 0 Å². The summed E-state index contributed by atoms with van der Waals surface area (Å²) in [5.41, 5.74) is 2.12. The zero-order valence-electron chi connectivity index (χ0n) is 12.8. The summed E-state index contributed by atoms with van der Waals surface area (Å²) < 4.78 is 0. The Morgan fingerprint density at radius 3 is 2.52 bits per heavy atom. The summed E-state index contributed by atoms with van der Waals surface area (Å²) in [6.45, 7) is 3.78. The third kappa shape index (κ3) is 3.31. The van der Waals surface area contributed by atoms with Crippen LogP contribution in [0.1, 0.15) is 39.0 Å². The van der Waals surface area contributed by atoms with Crippen molar-refractivity contribution in [3.05, 3.63) is 24.3 Å². The van der Waals surface area contributed by atoms with Crippen LogP contribution in [0.5, 0.6) is 0 Å². The van der Waals surface area contributed by atoms with Gasteiger partial charge in [-0.25, -0.2) is 4.79 Å². The fraction of sp³-hybridized carbons (Fsp3) is 0.588. The first kappa shape index (κ1) is 14.2. The quantitative estimate of drug-likeness (QED) is 0.888. The summed E-state index contributed by atoms with van der Waals surface area (Å²) in [5.74, 6) is 0.794. The molecule has 0 aromatic heterocycles. The molecule has 3 rings (SSSR count). The monoisotopic (exact) mass is 287 g/mol. The van der Waals surface area contributed by atoms with E-state index in [4.69, 9.17) is 0 Å². The molecule has 1 unspecified atom stereocenters. The van der Waals surface area contributed by atoms with Crippen molar-refractivity contribution in [1.29, 1.82) is 0 Å². The Balaban J connectivity index is 1.60. The molecule has 1 saturated carbocycles. The molecular formula is C17H25N3O. The molecule has 2 N–H and O–H groups in total. The van der Waals surface area contributed by atoms with Crippen molar-refractivity contribution >= 4 is 17.4 Å². The van der Waals surface area contributed by atoms with Gasteiger partial charge >= 0.3 is 6.03 Å². The molecule has 1 aliphatic heterocycles. The molecule has 2 fully saturated rings. The molecular weight excluding hydrogens is 262 g/mol. The highest BCUT2D eigenvalue weighted by Gasteiger charge is 2.22. The second-order valence-electron chi connectivity index (χ2n) is 6.26. The maximum Gasteiger partial charge on any atom is 0.321 e. The highest BCUT2D eigenvalue weighted by atomic mass is 16.2. The Morgan fingerprint density at radius 1 is 1.19 bits per heavy atom. The SMILES string of the molecule is CC(Nc1ccc(N2CCNC2=O)cc1)C1CCCCC1. The van der Waals surface area contributed by atoms with Gasteiger partial charge in [0.15, 0.2) is 0 Å². The molecule has 2 amide bonds. The number of urea groups is 1. The normalized spacial score (nSPS) is 21.2. The molecule has 1 heterocycles. The van der Waals surface area contributed by atoms with Gasteiger partial charge in [0.05, 0.1) is 0 Å². The van der Waals surface area contributed by atoms with Crippen LogP contribution >= 0.6 is 0 Å². The second-order valence-corrected chi connectivity index (χ2v) is 6.26. The largest absolute Gasteiger partial charge is 0.382 e. The van der Waals surface area contributed by atoms with Gasteiger partial charge in [-0.1, -0.05) is 19.3 Å². The Morgan fingerprint density at radius 2 is 1.90 bits per heavy atom. The predicted molar refractivity (Wildman–Crippen MR) is 86.8 cm³/mol. The van der Waals surface area contributed by atoms with Gasteiger partial charge < -0.3 is 10.6 Å². The minimum absolute atomic E-state index is 0.00582. The van der Waals surface area contributed by atoms with Gasteiger partial charge in [0.25, 0.3) is 0 Å². The molecule has 1 aromatic rings. The van der Waals surface area contributed by atoms with Crippen molar-refractivity contribution in [2.24, 2.45) is 5.92 Å². The zero-order chi connectivity index (χ0) is 14.7. The minimum atomic E-state index is 0.00582. The van der Waals surface area contributed by atoms with Crippen molar-refractivity contribution in [2.45, 2.75) is 45.1 Å². The average molecular weight is 287 g/mol. The number of hydrogen-bond donors (Lipinski definition) is 2.